The molecule has 5 nitrogen and oxygen atoms in total. The van der Waals surface area contributed by atoms with E-state index in [1.807, 2.05) is 24.3 Å². The number of carboxylic acid groups (broad SMARTS) is 1. The Balaban J connectivity index is 1.96. The number of urea groups is 1. The van der Waals surface area contributed by atoms with Gasteiger partial charge in [0.2, 0.25) is 0 Å². The fourth-order valence-corrected chi connectivity index (χ4v) is 2.43. The van der Waals surface area contributed by atoms with E-state index in [4.69, 9.17) is 0 Å². The molecule has 0 bridgehead atoms. The molecule has 114 valence electrons. The van der Waals surface area contributed by atoms with E-state index in [1.165, 1.54) is 5.56 Å². The van der Waals surface area contributed by atoms with Gasteiger partial charge in [-0.2, -0.15) is 0 Å². The number of rotatable bonds is 6. The Bertz CT molecular complexity index is 523. The minimum atomic E-state index is -1.19. The predicted molar refractivity (Wildman–Crippen MR) is 81.4 cm³/mol. The second kappa shape index (κ2) is 6.16. The lowest BCUT2D eigenvalue weighted by Crippen LogP contribution is -2.55. The third-order valence-corrected chi connectivity index (χ3v) is 3.96. The van der Waals surface area contributed by atoms with Crippen molar-refractivity contribution >= 4 is 17.7 Å². The van der Waals surface area contributed by atoms with Gasteiger partial charge < -0.3 is 15.7 Å². The molecular formula is C16H22N2O3. The number of carboxylic acids is 1. The van der Waals surface area contributed by atoms with Gasteiger partial charge in [0.05, 0.1) is 0 Å². The molecular weight excluding hydrogens is 268 g/mol. The summed E-state index contributed by atoms with van der Waals surface area (Å²) >= 11 is 0. The lowest BCUT2D eigenvalue weighted by atomic mass is 9.96. The summed E-state index contributed by atoms with van der Waals surface area (Å²) in [7, 11) is 0. The molecule has 1 aliphatic carbocycles. The fourth-order valence-electron chi connectivity index (χ4n) is 2.43. The molecule has 5 heteroatoms. The molecule has 0 spiro atoms. The molecule has 1 fully saturated rings. The van der Waals surface area contributed by atoms with Crippen LogP contribution in [0.25, 0.3) is 0 Å². The lowest BCUT2D eigenvalue weighted by molar-refractivity contribution is -0.144. The summed E-state index contributed by atoms with van der Waals surface area (Å²) in [6.45, 7) is 3.68. The summed E-state index contributed by atoms with van der Waals surface area (Å²) in [6.07, 6.45) is 3.76. The average molecular weight is 290 g/mol. The van der Waals surface area contributed by atoms with E-state index in [2.05, 4.69) is 17.6 Å². The van der Waals surface area contributed by atoms with Gasteiger partial charge in [-0.25, -0.2) is 9.59 Å². The molecule has 0 aliphatic heterocycles. The van der Waals surface area contributed by atoms with Gasteiger partial charge >= 0.3 is 12.0 Å². The third-order valence-electron chi connectivity index (χ3n) is 3.96. The summed E-state index contributed by atoms with van der Waals surface area (Å²) in [6, 6.07) is 7.13. The maximum atomic E-state index is 12.0. The minimum absolute atomic E-state index is 0.0210. The van der Waals surface area contributed by atoms with Crippen LogP contribution in [0, 0.1) is 5.92 Å². The number of hydrogen-bond acceptors (Lipinski definition) is 2. The van der Waals surface area contributed by atoms with Gasteiger partial charge in [0.15, 0.2) is 0 Å². The molecule has 1 atom stereocenters. The Labute approximate surface area is 124 Å². The molecule has 1 aromatic carbocycles. The normalized spacial score (nSPS) is 16.9. The van der Waals surface area contributed by atoms with Gasteiger partial charge in [-0.1, -0.05) is 25.5 Å². The number of carbonyl (C=O) groups is 2. The highest BCUT2D eigenvalue weighted by molar-refractivity contribution is 5.94. The molecule has 21 heavy (non-hydrogen) atoms. The molecule has 1 aliphatic rings. The van der Waals surface area contributed by atoms with Crippen LogP contribution < -0.4 is 10.6 Å². The summed E-state index contributed by atoms with van der Waals surface area (Å²) in [5, 5.41) is 14.6. The number of aliphatic carboxylic acids is 1. The molecule has 1 aromatic rings. The van der Waals surface area contributed by atoms with Crippen LogP contribution in [-0.4, -0.2) is 22.6 Å². The van der Waals surface area contributed by atoms with Crippen molar-refractivity contribution in [1.29, 1.82) is 0 Å². The zero-order valence-corrected chi connectivity index (χ0v) is 12.5. The fraction of sp³-hybridized carbons (Fsp3) is 0.500. The number of nitrogens with one attached hydrogen (secondary N) is 2. The van der Waals surface area contributed by atoms with Crippen LogP contribution in [0.2, 0.25) is 0 Å². The first-order chi connectivity index (χ1) is 9.95. The number of amides is 2. The van der Waals surface area contributed by atoms with Gasteiger partial charge in [0, 0.05) is 5.69 Å². The Morgan fingerprint density at radius 1 is 1.29 bits per heavy atom. The number of aryl methyl sites for hydroxylation is 1. The summed E-state index contributed by atoms with van der Waals surface area (Å²) in [5.74, 6) is -0.967. The zero-order valence-electron chi connectivity index (χ0n) is 12.5. The Kier molecular flexibility index (Phi) is 4.50. The molecule has 1 unspecified atom stereocenters. The molecule has 0 aromatic heterocycles. The SMILES string of the molecule is CCCc1ccc(NC(=O)NC(C)(C(=O)O)C2CC2)cc1. The van der Waals surface area contributed by atoms with Gasteiger partial charge in [0.1, 0.15) is 5.54 Å². The van der Waals surface area contributed by atoms with Crippen LogP contribution in [0.3, 0.4) is 0 Å². The van der Waals surface area contributed by atoms with Crippen molar-refractivity contribution < 1.29 is 14.7 Å². The zero-order chi connectivity index (χ0) is 15.5. The van der Waals surface area contributed by atoms with E-state index in [1.54, 1.807) is 6.92 Å². The van der Waals surface area contributed by atoms with E-state index in [9.17, 15) is 14.7 Å². The maximum Gasteiger partial charge on any atom is 0.329 e. The Morgan fingerprint density at radius 2 is 1.90 bits per heavy atom. The molecule has 0 saturated heterocycles. The second-order valence-electron chi connectivity index (χ2n) is 5.81. The van der Waals surface area contributed by atoms with E-state index in [-0.39, 0.29) is 5.92 Å². The number of benzene rings is 1. The third kappa shape index (κ3) is 3.74. The van der Waals surface area contributed by atoms with Crippen molar-refractivity contribution in [2.45, 2.75) is 45.1 Å². The molecule has 0 radical (unpaired) electrons. The van der Waals surface area contributed by atoms with Crippen LogP contribution in [0.1, 0.15) is 38.7 Å². The number of hydrogen-bond donors (Lipinski definition) is 3. The molecule has 3 N–H and O–H groups in total. The van der Waals surface area contributed by atoms with Gasteiger partial charge in [0.25, 0.3) is 0 Å². The number of anilines is 1. The van der Waals surface area contributed by atoms with Gasteiger partial charge in [-0.15, -0.1) is 0 Å². The van der Waals surface area contributed by atoms with Crippen LogP contribution in [0.4, 0.5) is 10.5 Å². The first-order valence-corrected chi connectivity index (χ1v) is 7.37. The highest BCUT2D eigenvalue weighted by atomic mass is 16.4. The predicted octanol–water partition coefficient (Wildman–Crippen LogP) is 3.01. The van der Waals surface area contributed by atoms with Gasteiger partial charge in [-0.3, -0.25) is 0 Å². The van der Waals surface area contributed by atoms with Crippen LogP contribution in [0.15, 0.2) is 24.3 Å². The van der Waals surface area contributed by atoms with Crippen LogP contribution >= 0.6 is 0 Å². The van der Waals surface area contributed by atoms with Crippen molar-refractivity contribution in [2.24, 2.45) is 5.92 Å². The Hall–Kier alpha value is -2.04. The number of carbonyl (C=O) groups excluding carboxylic acids is 1. The monoisotopic (exact) mass is 290 g/mol. The van der Waals surface area contributed by atoms with Crippen LogP contribution in [0.5, 0.6) is 0 Å². The minimum Gasteiger partial charge on any atom is -0.480 e. The maximum absolute atomic E-state index is 12.0. The van der Waals surface area contributed by atoms with E-state index < -0.39 is 17.5 Å². The first kappa shape index (κ1) is 15.4. The van der Waals surface area contributed by atoms with Crippen molar-refractivity contribution in [3.05, 3.63) is 29.8 Å². The summed E-state index contributed by atoms with van der Waals surface area (Å²) in [4.78, 5) is 23.4. The lowest BCUT2D eigenvalue weighted by Gasteiger charge is -2.26. The van der Waals surface area contributed by atoms with Crippen molar-refractivity contribution in [3.8, 4) is 0 Å². The first-order valence-electron chi connectivity index (χ1n) is 7.37. The highest BCUT2D eigenvalue weighted by Gasteiger charge is 2.48. The average Bonchev–Trinajstić information content (AvgIpc) is 3.25. The largest absolute Gasteiger partial charge is 0.480 e. The van der Waals surface area contributed by atoms with E-state index in [0.717, 1.165) is 25.7 Å². The topological polar surface area (TPSA) is 78.4 Å². The van der Waals surface area contributed by atoms with Crippen molar-refractivity contribution in [3.63, 3.8) is 0 Å². The summed E-state index contributed by atoms with van der Waals surface area (Å²) in [5.41, 5.74) is 0.694. The standard InChI is InChI=1S/C16H22N2O3/c1-3-4-11-5-9-13(10-6-11)17-15(21)18-16(2,14(19)20)12-7-8-12/h5-6,9-10,12H,3-4,7-8H2,1-2H3,(H,19,20)(H2,17,18,21). The van der Waals surface area contributed by atoms with Crippen LogP contribution in [-0.2, 0) is 11.2 Å². The van der Waals surface area contributed by atoms with Crippen molar-refractivity contribution in [2.75, 3.05) is 5.32 Å². The van der Waals surface area contributed by atoms with Crippen molar-refractivity contribution in [1.82, 2.24) is 5.32 Å². The van der Waals surface area contributed by atoms with E-state index >= 15 is 0 Å². The smallest absolute Gasteiger partial charge is 0.329 e. The highest BCUT2D eigenvalue weighted by Crippen LogP contribution is 2.39. The van der Waals surface area contributed by atoms with Gasteiger partial charge in [-0.05, 0) is 49.8 Å². The molecule has 0 heterocycles. The quantitative estimate of drug-likeness (QED) is 0.753. The molecule has 2 rings (SSSR count). The second-order valence-corrected chi connectivity index (χ2v) is 5.81. The summed E-state index contributed by atoms with van der Waals surface area (Å²) < 4.78 is 0. The Morgan fingerprint density at radius 3 is 2.38 bits per heavy atom. The molecule has 2 amide bonds. The molecule has 1 saturated carbocycles. The van der Waals surface area contributed by atoms with E-state index in [0.29, 0.717) is 5.69 Å².